The van der Waals surface area contributed by atoms with E-state index in [4.69, 9.17) is 4.74 Å². The van der Waals surface area contributed by atoms with Crippen molar-refractivity contribution in [3.8, 4) is 5.75 Å². The Morgan fingerprint density at radius 3 is 2.86 bits per heavy atom. The molecule has 0 radical (unpaired) electrons. The Bertz CT molecular complexity index is 656. The standard InChI is InChI=1S/C12H13N5O4/c1-7(11-13-6-14-16-11)15-12(18)8-3-4-10(21-2)9(5-8)17(19)20/h3-7H,1-2H3,(H,15,18)(H,13,14,16). The van der Waals surface area contributed by atoms with E-state index in [0.717, 1.165) is 0 Å². The van der Waals surface area contributed by atoms with Crippen molar-refractivity contribution in [3.05, 3.63) is 46.0 Å². The predicted octanol–water partition coefficient (Wildman–Crippen LogP) is 1.21. The number of ether oxygens (including phenoxy) is 1. The van der Waals surface area contributed by atoms with Gasteiger partial charge in [-0.25, -0.2) is 4.98 Å². The van der Waals surface area contributed by atoms with E-state index < -0.39 is 16.9 Å². The van der Waals surface area contributed by atoms with Crippen molar-refractivity contribution in [2.45, 2.75) is 13.0 Å². The van der Waals surface area contributed by atoms with E-state index in [-0.39, 0.29) is 17.0 Å². The van der Waals surface area contributed by atoms with Crippen LogP contribution in [0.4, 0.5) is 5.69 Å². The highest BCUT2D eigenvalue weighted by Gasteiger charge is 2.19. The number of nitrogens with one attached hydrogen (secondary N) is 2. The van der Waals surface area contributed by atoms with Crippen LogP contribution >= 0.6 is 0 Å². The van der Waals surface area contributed by atoms with Crippen LogP contribution < -0.4 is 10.1 Å². The molecule has 1 heterocycles. The Morgan fingerprint density at radius 1 is 1.52 bits per heavy atom. The van der Waals surface area contributed by atoms with Gasteiger partial charge in [-0.1, -0.05) is 0 Å². The fourth-order valence-corrected chi connectivity index (χ4v) is 1.75. The van der Waals surface area contributed by atoms with Gasteiger partial charge in [0.25, 0.3) is 5.91 Å². The van der Waals surface area contributed by atoms with E-state index in [1.807, 2.05) is 0 Å². The van der Waals surface area contributed by atoms with Crippen molar-refractivity contribution in [3.63, 3.8) is 0 Å². The van der Waals surface area contributed by atoms with Gasteiger partial charge in [0.15, 0.2) is 5.75 Å². The summed E-state index contributed by atoms with van der Waals surface area (Å²) in [5, 5.41) is 19.9. The highest BCUT2D eigenvalue weighted by atomic mass is 16.6. The van der Waals surface area contributed by atoms with Crippen LogP contribution in [0, 0.1) is 10.1 Å². The number of hydrogen-bond donors (Lipinski definition) is 2. The molecule has 0 aliphatic heterocycles. The van der Waals surface area contributed by atoms with Gasteiger partial charge in [0.05, 0.1) is 18.1 Å². The Morgan fingerprint density at radius 2 is 2.29 bits per heavy atom. The van der Waals surface area contributed by atoms with Gasteiger partial charge in [-0.2, -0.15) is 5.10 Å². The number of rotatable bonds is 5. The first kappa shape index (κ1) is 14.4. The van der Waals surface area contributed by atoms with Gasteiger partial charge >= 0.3 is 5.69 Å². The molecule has 1 atom stereocenters. The summed E-state index contributed by atoms with van der Waals surface area (Å²) in [6.07, 6.45) is 1.33. The molecule has 0 saturated heterocycles. The highest BCUT2D eigenvalue weighted by molar-refractivity contribution is 5.95. The maximum absolute atomic E-state index is 12.1. The third-order valence-corrected chi connectivity index (χ3v) is 2.83. The largest absolute Gasteiger partial charge is 0.490 e. The van der Waals surface area contributed by atoms with Gasteiger partial charge in [-0.15, -0.1) is 0 Å². The number of carbonyl (C=O) groups is 1. The molecule has 110 valence electrons. The summed E-state index contributed by atoms with van der Waals surface area (Å²) in [6, 6.07) is 3.60. The number of methoxy groups -OCH3 is 1. The van der Waals surface area contributed by atoms with Gasteiger partial charge in [-0.05, 0) is 19.1 Å². The third kappa shape index (κ3) is 3.14. The van der Waals surface area contributed by atoms with Crippen LogP contribution in [-0.2, 0) is 0 Å². The Kier molecular flexibility index (Phi) is 4.12. The summed E-state index contributed by atoms with van der Waals surface area (Å²) >= 11 is 0. The number of aromatic nitrogens is 3. The number of benzene rings is 1. The summed E-state index contributed by atoms with van der Waals surface area (Å²) in [6.45, 7) is 1.72. The second-order valence-electron chi connectivity index (χ2n) is 4.21. The normalized spacial score (nSPS) is 11.7. The van der Waals surface area contributed by atoms with Gasteiger partial charge in [0.1, 0.15) is 12.2 Å². The summed E-state index contributed by atoms with van der Waals surface area (Å²) < 4.78 is 4.88. The summed E-state index contributed by atoms with van der Waals surface area (Å²) in [5.41, 5.74) is -0.105. The molecule has 0 saturated carbocycles. The lowest BCUT2D eigenvalue weighted by molar-refractivity contribution is -0.385. The van der Waals surface area contributed by atoms with Crippen molar-refractivity contribution < 1.29 is 14.5 Å². The molecule has 0 fully saturated rings. The maximum atomic E-state index is 12.1. The Hall–Kier alpha value is -2.97. The van der Waals surface area contributed by atoms with Crippen molar-refractivity contribution >= 4 is 11.6 Å². The molecule has 0 aliphatic rings. The molecular weight excluding hydrogens is 278 g/mol. The Labute approximate surface area is 119 Å². The van der Waals surface area contributed by atoms with Crippen LogP contribution in [-0.4, -0.2) is 33.1 Å². The zero-order valence-electron chi connectivity index (χ0n) is 11.4. The molecule has 9 nitrogen and oxygen atoms in total. The predicted molar refractivity (Wildman–Crippen MR) is 71.9 cm³/mol. The van der Waals surface area contributed by atoms with Crippen LogP contribution in [0.25, 0.3) is 0 Å². The van der Waals surface area contributed by atoms with Crippen LogP contribution in [0.15, 0.2) is 24.5 Å². The number of aromatic amines is 1. The third-order valence-electron chi connectivity index (χ3n) is 2.83. The molecule has 2 rings (SSSR count). The van der Waals surface area contributed by atoms with Crippen LogP contribution in [0.5, 0.6) is 5.75 Å². The van der Waals surface area contributed by atoms with Gasteiger partial charge in [0, 0.05) is 11.6 Å². The summed E-state index contributed by atoms with van der Waals surface area (Å²) in [4.78, 5) is 26.3. The lowest BCUT2D eigenvalue weighted by Gasteiger charge is -2.11. The van der Waals surface area contributed by atoms with Crippen molar-refractivity contribution in [2.75, 3.05) is 7.11 Å². The SMILES string of the molecule is COc1ccc(C(=O)NC(C)c2ncn[nH]2)cc1[N+](=O)[O-]. The van der Waals surface area contributed by atoms with Crippen LogP contribution in [0.2, 0.25) is 0 Å². The lowest BCUT2D eigenvalue weighted by atomic mass is 10.1. The smallest absolute Gasteiger partial charge is 0.311 e. The number of nitro groups is 1. The molecule has 0 aliphatic carbocycles. The van der Waals surface area contributed by atoms with Crippen LogP contribution in [0.3, 0.4) is 0 Å². The van der Waals surface area contributed by atoms with E-state index in [2.05, 4.69) is 20.5 Å². The molecule has 1 aromatic heterocycles. The van der Waals surface area contributed by atoms with E-state index in [9.17, 15) is 14.9 Å². The van der Waals surface area contributed by atoms with Gasteiger partial charge in [0.2, 0.25) is 0 Å². The molecule has 2 N–H and O–H groups in total. The molecule has 0 bridgehead atoms. The minimum absolute atomic E-state index is 0.0971. The molecule has 21 heavy (non-hydrogen) atoms. The minimum atomic E-state index is -0.602. The number of H-pyrrole nitrogens is 1. The quantitative estimate of drug-likeness (QED) is 0.630. The average Bonchev–Trinajstić information content (AvgIpc) is 3.00. The first-order valence-corrected chi connectivity index (χ1v) is 6.01. The van der Waals surface area contributed by atoms with Crippen molar-refractivity contribution in [1.82, 2.24) is 20.5 Å². The minimum Gasteiger partial charge on any atom is -0.490 e. The molecule has 0 spiro atoms. The maximum Gasteiger partial charge on any atom is 0.311 e. The summed E-state index contributed by atoms with van der Waals surface area (Å²) in [5.74, 6) is 0.135. The van der Waals surface area contributed by atoms with E-state index >= 15 is 0 Å². The molecular formula is C12H13N5O4. The van der Waals surface area contributed by atoms with Gasteiger partial charge in [-0.3, -0.25) is 20.0 Å². The lowest BCUT2D eigenvalue weighted by Crippen LogP contribution is -2.27. The first-order valence-electron chi connectivity index (χ1n) is 6.01. The molecule has 1 unspecified atom stereocenters. The Balaban J connectivity index is 2.19. The van der Waals surface area contributed by atoms with E-state index in [0.29, 0.717) is 5.82 Å². The zero-order chi connectivity index (χ0) is 15.4. The monoisotopic (exact) mass is 291 g/mol. The second-order valence-corrected chi connectivity index (χ2v) is 4.21. The van der Waals surface area contributed by atoms with Crippen molar-refractivity contribution in [1.29, 1.82) is 0 Å². The number of carbonyl (C=O) groups excluding carboxylic acids is 1. The van der Waals surface area contributed by atoms with E-state index in [1.165, 1.54) is 31.6 Å². The van der Waals surface area contributed by atoms with E-state index in [1.54, 1.807) is 6.92 Å². The molecule has 2 aromatic rings. The molecule has 1 amide bonds. The molecule has 9 heteroatoms. The number of nitro benzene ring substituents is 1. The van der Waals surface area contributed by atoms with Gasteiger partial charge < -0.3 is 10.1 Å². The van der Waals surface area contributed by atoms with Crippen LogP contribution in [0.1, 0.15) is 29.1 Å². The second kappa shape index (κ2) is 5.99. The summed E-state index contributed by atoms with van der Waals surface area (Å²) in [7, 11) is 1.33. The number of nitrogens with zero attached hydrogens (tertiary/aromatic N) is 3. The number of amides is 1. The fraction of sp³-hybridized carbons (Fsp3) is 0.250. The molecule has 1 aromatic carbocycles. The fourth-order valence-electron chi connectivity index (χ4n) is 1.75. The highest BCUT2D eigenvalue weighted by Crippen LogP contribution is 2.27. The zero-order valence-corrected chi connectivity index (χ0v) is 11.4. The topological polar surface area (TPSA) is 123 Å². The number of hydrogen-bond acceptors (Lipinski definition) is 6. The van der Waals surface area contributed by atoms with Crippen molar-refractivity contribution in [2.24, 2.45) is 0 Å². The first-order chi connectivity index (χ1) is 10.0. The average molecular weight is 291 g/mol.